The minimum atomic E-state index is 0.0529. The number of fused-ring (bicyclic) bond motifs is 1. The van der Waals surface area contributed by atoms with Crippen molar-refractivity contribution in [3.63, 3.8) is 0 Å². The lowest BCUT2D eigenvalue weighted by Crippen LogP contribution is -2.38. The smallest absolute Gasteiger partial charge is 0.227 e. The topological polar surface area (TPSA) is 43.9 Å². The average Bonchev–Trinajstić information content (AvgIpc) is 3.04. The number of hydrogen-bond donors (Lipinski definition) is 0. The molecular weight excluding hydrogens is 406 g/mol. The third-order valence-corrected chi connectivity index (χ3v) is 7.22. The Morgan fingerprint density at radius 2 is 1.65 bits per heavy atom. The lowest BCUT2D eigenvalue weighted by molar-refractivity contribution is -0.133. The molecule has 0 saturated carbocycles. The van der Waals surface area contributed by atoms with Gasteiger partial charge in [0.05, 0.1) is 5.69 Å². The van der Waals surface area contributed by atoms with Gasteiger partial charge in [0.15, 0.2) is 0 Å². The number of benzene rings is 2. The van der Waals surface area contributed by atoms with Gasteiger partial charge in [-0.25, -0.2) is 0 Å². The second-order valence-electron chi connectivity index (χ2n) is 8.30. The van der Waals surface area contributed by atoms with E-state index < -0.39 is 0 Å². The molecule has 4 rings (SSSR count). The Bertz CT molecular complexity index is 932. The highest BCUT2D eigenvalue weighted by Gasteiger charge is 2.25. The van der Waals surface area contributed by atoms with E-state index in [9.17, 15) is 9.59 Å². The Balaban J connectivity index is 1.28. The fourth-order valence-corrected chi connectivity index (χ4v) is 5.34. The van der Waals surface area contributed by atoms with E-state index >= 15 is 0 Å². The number of aryl methyl sites for hydroxylation is 1. The summed E-state index contributed by atoms with van der Waals surface area (Å²) < 4.78 is 0. The van der Waals surface area contributed by atoms with E-state index in [1.165, 1.54) is 11.1 Å². The van der Waals surface area contributed by atoms with Crippen molar-refractivity contribution in [2.45, 2.75) is 37.6 Å². The number of carbonyl (C=O) groups excluding carboxylic acids is 2. The molecule has 31 heavy (non-hydrogen) atoms. The fraction of sp³-hybridized carbons (Fsp3) is 0.440. The maximum atomic E-state index is 12.8. The van der Waals surface area contributed by atoms with Gasteiger partial charge in [-0.2, -0.15) is 0 Å². The van der Waals surface area contributed by atoms with E-state index in [1.807, 2.05) is 28.0 Å². The van der Waals surface area contributed by atoms with Crippen LogP contribution in [0, 0.1) is 6.92 Å². The standard InChI is InChI=1S/C25H31N3O2S/c1-20-7-2-3-8-21(20)19-26-13-6-14-27(16-15-26)24(29)11-12-25(30)28-17-18-31-23-10-5-4-9-22(23)28/h2-5,7-10H,6,11-19H2,1H3. The van der Waals surface area contributed by atoms with Crippen LogP contribution in [0.1, 0.15) is 30.4 Å². The van der Waals surface area contributed by atoms with Gasteiger partial charge in [-0.3, -0.25) is 14.5 Å². The predicted octanol–water partition coefficient (Wildman–Crippen LogP) is 3.95. The summed E-state index contributed by atoms with van der Waals surface area (Å²) in [4.78, 5) is 33.1. The maximum absolute atomic E-state index is 12.8. The number of thioether (sulfide) groups is 1. The molecule has 2 heterocycles. The van der Waals surface area contributed by atoms with Crippen LogP contribution >= 0.6 is 11.8 Å². The highest BCUT2D eigenvalue weighted by atomic mass is 32.2. The van der Waals surface area contributed by atoms with Crippen molar-refractivity contribution in [1.29, 1.82) is 0 Å². The molecular formula is C25H31N3O2S. The SMILES string of the molecule is Cc1ccccc1CN1CCCN(C(=O)CCC(=O)N2CCSc3ccccc32)CC1. The first-order chi connectivity index (χ1) is 15.1. The molecule has 0 bridgehead atoms. The number of nitrogens with zero attached hydrogens (tertiary/aromatic N) is 3. The summed E-state index contributed by atoms with van der Waals surface area (Å²) in [5, 5.41) is 0. The summed E-state index contributed by atoms with van der Waals surface area (Å²) in [6.45, 7) is 7.19. The zero-order chi connectivity index (χ0) is 21.6. The molecule has 6 heteroatoms. The normalized spacial score (nSPS) is 17.2. The van der Waals surface area contributed by atoms with Gasteiger partial charge in [0.2, 0.25) is 11.8 Å². The van der Waals surface area contributed by atoms with Crippen molar-refractivity contribution in [3.05, 3.63) is 59.7 Å². The van der Waals surface area contributed by atoms with Crippen molar-refractivity contribution >= 4 is 29.3 Å². The summed E-state index contributed by atoms with van der Waals surface area (Å²) in [7, 11) is 0. The highest BCUT2D eigenvalue weighted by Crippen LogP contribution is 2.34. The fourth-order valence-electron chi connectivity index (χ4n) is 4.34. The molecule has 1 saturated heterocycles. The monoisotopic (exact) mass is 437 g/mol. The first-order valence-corrected chi connectivity index (χ1v) is 12.2. The van der Waals surface area contributed by atoms with Crippen LogP contribution in [-0.2, 0) is 16.1 Å². The molecule has 0 unspecified atom stereocenters. The van der Waals surface area contributed by atoms with Crippen LogP contribution in [0.3, 0.4) is 0 Å². The maximum Gasteiger partial charge on any atom is 0.227 e. The van der Waals surface area contributed by atoms with Crippen molar-refractivity contribution in [1.82, 2.24) is 9.80 Å². The van der Waals surface area contributed by atoms with Gasteiger partial charge in [-0.15, -0.1) is 11.8 Å². The van der Waals surface area contributed by atoms with Crippen LogP contribution in [0.5, 0.6) is 0 Å². The van der Waals surface area contributed by atoms with E-state index in [2.05, 4.69) is 42.2 Å². The lowest BCUT2D eigenvalue weighted by atomic mass is 10.1. The van der Waals surface area contributed by atoms with Crippen LogP contribution in [0.15, 0.2) is 53.4 Å². The Kier molecular flexibility index (Phi) is 7.30. The molecule has 2 amide bonds. The Labute approximate surface area is 189 Å². The van der Waals surface area contributed by atoms with Gasteiger partial charge in [-0.1, -0.05) is 36.4 Å². The zero-order valence-electron chi connectivity index (χ0n) is 18.3. The number of hydrogen-bond acceptors (Lipinski definition) is 4. The molecule has 0 atom stereocenters. The number of carbonyl (C=O) groups is 2. The Morgan fingerprint density at radius 3 is 2.52 bits per heavy atom. The molecule has 2 aromatic rings. The third-order valence-electron chi connectivity index (χ3n) is 6.18. The lowest BCUT2D eigenvalue weighted by Gasteiger charge is -2.29. The second-order valence-corrected chi connectivity index (χ2v) is 9.44. The molecule has 1 fully saturated rings. The minimum absolute atomic E-state index is 0.0529. The highest BCUT2D eigenvalue weighted by molar-refractivity contribution is 7.99. The van der Waals surface area contributed by atoms with Crippen molar-refractivity contribution < 1.29 is 9.59 Å². The van der Waals surface area contributed by atoms with Crippen LogP contribution in [0.4, 0.5) is 5.69 Å². The summed E-state index contributed by atoms with van der Waals surface area (Å²) in [5.74, 6) is 1.06. The number of anilines is 1. The van der Waals surface area contributed by atoms with E-state index in [1.54, 1.807) is 11.8 Å². The largest absolute Gasteiger partial charge is 0.341 e. The Hall–Kier alpha value is -2.31. The van der Waals surface area contributed by atoms with Crippen LogP contribution < -0.4 is 4.90 Å². The molecule has 164 valence electrons. The van der Waals surface area contributed by atoms with E-state index in [4.69, 9.17) is 0 Å². The minimum Gasteiger partial charge on any atom is -0.341 e. The zero-order valence-corrected chi connectivity index (χ0v) is 19.1. The number of amides is 2. The molecule has 5 nitrogen and oxygen atoms in total. The predicted molar refractivity (Wildman–Crippen MR) is 126 cm³/mol. The summed E-state index contributed by atoms with van der Waals surface area (Å²) >= 11 is 1.79. The molecule has 2 aliphatic heterocycles. The average molecular weight is 438 g/mol. The van der Waals surface area contributed by atoms with Gasteiger partial charge in [0, 0.05) is 62.8 Å². The van der Waals surface area contributed by atoms with Crippen molar-refractivity contribution in [2.75, 3.05) is 43.4 Å². The quantitative estimate of drug-likeness (QED) is 0.711. The van der Waals surface area contributed by atoms with Crippen molar-refractivity contribution in [3.8, 4) is 0 Å². The van der Waals surface area contributed by atoms with Gasteiger partial charge in [0.1, 0.15) is 0 Å². The molecule has 2 aromatic carbocycles. The van der Waals surface area contributed by atoms with Crippen LogP contribution in [-0.4, -0.2) is 60.1 Å². The third kappa shape index (κ3) is 5.49. The molecule has 0 spiro atoms. The van der Waals surface area contributed by atoms with Crippen LogP contribution in [0.2, 0.25) is 0 Å². The summed E-state index contributed by atoms with van der Waals surface area (Å²) in [5.41, 5.74) is 3.65. The van der Waals surface area contributed by atoms with E-state index in [0.29, 0.717) is 13.0 Å². The van der Waals surface area contributed by atoms with Gasteiger partial charge in [-0.05, 0) is 36.6 Å². The first kappa shape index (κ1) is 21.9. The van der Waals surface area contributed by atoms with E-state index in [0.717, 1.165) is 55.5 Å². The molecule has 0 N–H and O–H groups in total. The van der Waals surface area contributed by atoms with Gasteiger partial charge in [0.25, 0.3) is 0 Å². The second kappa shape index (κ2) is 10.3. The summed E-state index contributed by atoms with van der Waals surface area (Å²) in [6.07, 6.45) is 1.55. The van der Waals surface area contributed by atoms with E-state index in [-0.39, 0.29) is 18.2 Å². The number of para-hydroxylation sites is 1. The number of rotatable bonds is 5. The van der Waals surface area contributed by atoms with Crippen molar-refractivity contribution in [2.24, 2.45) is 0 Å². The van der Waals surface area contributed by atoms with Gasteiger partial charge < -0.3 is 9.80 Å². The van der Waals surface area contributed by atoms with Crippen LogP contribution in [0.25, 0.3) is 0 Å². The molecule has 0 aliphatic carbocycles. The molecule has 0 aromatic heterocycles. The molecule has 2 aliphatic rings. The molecule has 0 radical (unpaired) electrons. The summed E-state index contributed by atoms with van der Waals surface area (Å²) in [6, 6.07) is 16.5. The van der Waals surface area contributed by atoms with Gasteiger partial charge >= 0.3 is 0 Å². The first-order valence-electron chi connectivity index (χ1n) is 11.2. The Morgan fingerprint density at radius 1 is 0.871 bits per heavy atom.